The summed E-state index contributed by atoms with van der Waals surface area (Å²) < 4.78 is 64.8. The van der Waals surface area contributed by atoms with Crippen LogP contribution in [0, 0.1) is 0 Å². The van der Waals surface area contributed by atoms with E-state index in [0.717, 1.165) is 10.9 Å². The highest BCUT2D eigenvalue weighted by Crippen LogP contribution is 2.31. The van der Waals surface area contributed by atoms with Crippen LogP contribution in [0.2, 0.25) is 0 Å². The van der Waals surface area contributed by atoms with Gasteiger partial charge in [-0.1, -0.05) is 0 Å². The van der Waals surface area contributed by atoms with E-state index in [4.69, 9.17) is 0 Å². The van der Waals surface area contributed by atoms with E-state index in [-0.39, 0.29) is 17.1 Å². The van der Waals surface area contributed by atoms with Gasteiger partial charge in [0.05, 0.1) is 11.3 Å². The number of alkyl halides is 3. The number of benzene rings is 1. The van der Waals surface area contributed by atoms with Gasteiger partial charge in [0.15, 0.2) is 5.69 Å². The molecule has 25 heavy (non-hydrogen) atoms. The van der Waals surface area contributed by atoms with Gasteiger partial charge in [0, 0.05) is 24.6 Å². The largest absolute Gasteiger partial charge is 0.435 e. The van der Waals surface area contributed by atoms with E-state index >= 15 is 0 Å². The van der Waals surface area contributed by atoms with E-state index in [0.29, 0.717) is 0 Å². The van der Waals surface area contributed by atoms with Gasteiger partial charge in [-0.25, -0.2) is 8.42 Å². The molecule has 0 fully saturated rings. The van der Waals surface area contributed by atoms with Gasteiger partial charge < -0.3 is 5.32 Å². The summed E-state index contributed by atoms with van der Waals surface area (Å²) in [5, 5.41) is 5.58. The molecule has 136 valence electrons. The van der Waals surface area contributed by atoms with Crippen LogP contribution in [0.1, 0.15) is 23.0 Å². The monoisotopic (exact) mass is 376 g/mol. The molecule has 2 rings (SSSR count). The molecule has 0 unspecified atom stereocenters. The van der Waals surface area contributed by atoms with Gasteiger partial charge in [-0.05, 0) is 31.2 Å². The Labute approximate surface area is 141 Å². The number of aromatic nitrogens is 2. The van der Waals surface area contributed by atoms with E-state index in [1.807, 2.05) is 0 Å². The van der Waals surface area contributed by atoms with Crippen molar-refractivity contribution in [3.05, 3.63) is 41.7 Å². The number of nitrogens with zero attached hydrogens (tertiary/aromatic N) is 2. The second-order valence-corrected chi connectivity index (χ2v) is 7.11. The Balaban J connectivity index is 2.17. The van der Waals surface area contributed by atoms with Crippen LogP contribution in [-0.2, 0) is 23.2 Å². The summed E-state index contributed by atoms with van der Waals surface area (Å²) in [5.41, 5.74) is -1.40. The zero-order chi connectivity index (χ0) is 18.8. The van der Waals surface area contributed by atoms with Gasteiger partial charge >= 0.3 is 6.18 Å². The molecule has 0 spiro atoms. The first kappa shape index (κ1) is 18.8. The van der Waals surface area contributed by atoms with Gasteiger partial charge in [0.2, 0.25) is 10.0 Å². The fraction of sp³-hybridized carbons (Fsp3) is 0.286. The van der Waals surface area contributed by atoms with Gasteiger partial charge in [-0.2, -0.15) is 18.3 Å². The van der Waals surface area contributed by atoms with Crippen molar-refractivity contribution in [2.45, 2.75) is 13.1 Å². The number of hydrogen-bond donors (Lipinski definition) is 2. The number of carbonyl (C=O) groups is 1. The third-order valence-electron chi connectivity index (χ3n) is 3.14. The second-order valence-electron chi connectivity index (χ2n) is 5.10. The molecule has 0 aliphatic rings. The van der Waals surface area contributed by atoms with Crippen LogP contribution >= 0.6 is 0 Å². The van der Waals surface area contributed by atoms with Crippen molar-refractivity contribution in [2.75, 3.05) is 15.8 Å². The molecular weight excluding hydrogens is 361 g/mol. The summed E-state index contributed by atoms with van der Waals surface area (Å²) in [6, 6.07) is 5.51. The number of halogens is 3. The fourth-order valence-electron chi connectivity index (χ4n) is 1.94. The van der Waals surface area contributed by atoms with Crippen LogP contribution in [0.3, 0.4) is 0 Å². The molecule has 0 radical (unpaired) electrons. The van der Waals surface area contributed by atoms with Gasteiger partial charge in [0.25, 0.3) is 5.91 Å². The third-order valence-corrected chi connectivity index (χ3v) is 4.44. The van der Waals surface area contributed by atoms with Crippen LogP contribution in [0.15, 0.2) is 30.5 Å². The fourth-order valence-corrected chi connectivity index (χ4v) is 2.58. The zero-order valence-electron chi connectivity index (χ0n) is 13.3. The Bertz CT molecular complexity index is 874. The summed E-state index contributed by atoms with van der Waals surface area (Å²) in [7, 11) is -2.17. The van der Waals surface area contributed by atoms with Crippen LogP contribution in [-0.4, -0.2) is 29.9 Å². The van der Waals surface area contributed by atoms with Crippen LogP contribution in [0.25, 0.3) is 0 Å². The molecule has 0 atom stereocenters. The molecule has 0 aliphatic carbocycles. The molecule has 2 aromatic rings. The second kappa shape index (κ2) is 6.75. The normalized spacial score (nSPS) is 12.0. The molecule has 1 amide bonds. The van der Waals surface area contributed by atoms with Crippen LogP contribution in [0.4, 0.5) is 24.5 Å². The third kappa shape index (κ3) is 4.72. The molecule has 11 heteroatoms. The predicted molar refractivity (Wildman–Crippen MR) is 85.7 cm³/mol. The molecule has 0 saturated carbocycles. The highest BCUT2D eigenvalue weighted by Gasteiger charge is 2.38. The molecule has 2 N–H and O–H groups in total. The maximum absolute atomic E-state index is 12.9. The number of hydrogen-bond acceptors (Lipinski definition) is 4. The minimum Gasteiger partial charge on any atom is -0.322 e. The lowest BCUT2D eigenvalue weighted by Crippen LogP contribution is -2.18. The van der Waals surface area contributed by atoms with E-state index in [1.54, 1.807) is 0 Å². The topological polar surface area (TPSA) is 93.1 Å². The van der Waals surface area contributed by atoms with Crippen molar-refractivity contribution < 1.29 is 26.4 Å². The van der Waals surface area contributed by atoms with Crippen molar-refractivity contribution in [3.63, 3.8) is 0 Å². The van der Waals surface area contributed by atoms with Crippen molar-refractivity contribution in [3.8, 4) is 0 Å². The van der Waals surface area contributed by atoms with Crippen LogP contribution < -0.4 is 10.0 Å². The van der Waals surface area contributed by atoms with E-state index in [9.17, 15) is 26.4 Å². The number of amides is 1. The number of aryl methyl sites for hydroxylation is 1. The Morgan fingerprint density at radius 1 is 1.20 bits per heavy atom. The molecule has 1 heterocycles. The molecule has 7 nitrogen and oxygen atoms in total. The maximum Gasteiger partial charge on any atom is 0.435 e. The summed E-state index contributed by atoms with van der Waals surface area (Å²) in [6.07, 6.45) is -3.78. The Hall–Kier alpha value is -2.56. The highest BCUT2D eigenvalue weighted by atomic mass is 32.2. The molecule has 1 aromatic heterocycles. The van der Waals surface area contributed by atoms with E-state index in [1.165, 1.54) is 38.2 Å². The lowest BCUT2D eigenvalue weighted by Gasteiger charge is -2.09. The molecule has 0 bridgehead atoms. The maximum atomic E-state index is 12.9. The van der Waals surface area contributed by atoms with Gasteiger partial charge in [-0.15, -0.1) is 0 Å². The zero-order valence-corrected chi connectivity index (χ0v) is 14.1. The van der Waals surface area contributed by atoms with Gasteiger partial charge in [-0.3, -0.25) is 14.2 Å². The minimum absolute atomic E-state index is 0.104. The van der Waals surface area contributed by atoms with Crippen molar-refractivity contribution in [1.29, 1.82) is 0 Å². The average Bonchev–Trinajstić information content (AvgIpc) is 2.91. The summed E-state index contributed by atoms with van der Waals surface area (Å²) in [6.45, 7) is 1.48. The Kier molecular flexibility index (Phi) is 5.07. The lowest BCUT2D eigenvalue weighted by atomic mass is 10.2. The predicted octanol–water partition coefficient (Wildman–Crippen LogP) is 2.45. The Morgan fingerprint density at radius 2 is 1.76 bits per heavy atom. The molecular formula is C14H15F3N4O3S. The highest BCUT2D eigenvalue weighted by molar-refractivity contribution is 7.92. The van der Waals surface area contributed by atoms with E-state index < -0.39 is 33.4 Å². The first-order valence-electron chi connectivity index (χ1n) is 7.04. The Morgan fingerprint density at radius 3 is 2.28 bits per heavy atom. The van der Waals surface area contributed by atoms with Gasteiger partial charge in [0.1, 0.15) is 0 Å². The van der Waals surface area contributed by atoms with Crippen LogP contribution in [0.5, 0.6) is 0 Å². The average molecular weight is 376 g/mol. The van der Waals surface area contributed by atoms with Crippen molar-refractivity contribution in [2.24, 2.45) is 7.05 Å². The quantitative estimate of drug-likeness (QED) is 0.838. The standard InChI is InChI=1S/C14H15F3N4O3S/c1-3-25(23,24)20-10-6-4-9(5-7-10)18-13(22)11-8-21(2)19-12(11)14(15,16)17/h4-8,20H,3H2,1-2H3,(H,18,22). The summed E-state index contributed by atoms with van der Waals surface area (Å²) in [5.74, 6) is -1.07. The van der Waals surface area contributed by atoms with Crippen molar-refractivity contribution in [1.82, 2.24) is 9.78 Å². The summed E-state index contributed by atoms with van der Waals surface area (Å²) >= 11 is 0. The summed E-state index contributed by atoms with van der Waals surface area (Å²) in [4.78, 5) is 12.1. The van der Waals surface area contributed by atoms with E-state index in [2.05, 4.69) is 15.1 Å². The number of sulfonamides is 1. The minimum atomic E-state index is -4.75. The number of nitrogens with one attached hydrogen (secondary N) is 2. The molecule has 0 aliphatic heterocycles. The number of rotatable bonds is 5. The first-order chi connectivity index (χ1) is 11.5. The lowest BCUT2D eigenvalue weighted by molar-refractivity contribution is -0.141. The SMILES string of the molecule is CCS(=O)(=O)Nc1ccc(NC(=O)c2cn(C)nc2C(F)(F)F)cc1. The number of anilines is 2. The molecule has 1 aromatic carbocycles. The first-order valence-corrected chi connectivity index (χ1v) is 8.70. The van der Waals surface area contributed by atoms with Crippen molar-refractivity contribution >= 4 is 27.3 Å². The number of carbonyl (C=O) groups excluding carboxylic acids is 1. The molecule has 0 saturated heterocycles. The smallest absolute Gasteiger partial charge is 0.322 e.